The van der Waals surface area contributed by atoms with Gasteiger partial charge in [0, 0.05) is 35.3 Å². The van der Waals surface area contributed by atoms with Crippen LogP contribution in [0.1, 0.15) is 18.1 Å². The zero-order chi connectivity index (χ0) is 22.0. The molecule has 2 aromatic rings. The number of carbonyl (C=O) groups is 1. The Labute approximate surface area is 180 Å². The summed E-state index contributed by atoms with van der Waals surface area (Å²) in [4.78, 5) is 16.3. The lowest BCUT2D eigenvalue weighted by Gasteiger charge is -2.23. The fourth-order valence-corrected chi connectivity index (χ4v) is 2.65. The molecule has 0 saturated heterocycles. The number of anilines is 1. The Balaban J connectivity index is 0.000000308. The number of amides is 2. The van der Waals surface area contributed by atoms with Crippen LogP contribution in [0.5, 0.6) is 0 Å². The largest absolute Gasteiger partial charge is 0.399 e. The van der Waals surface area contributed by atoms with Gasteiger partial charge in [0.25, 0.3) is 0 Å². The normalized spacial score (nSPS) is 10.7. The zero-order valence-electron chi connectivity index (χ0n) is 16.7. The van der Waals surface area contributed by atoms with Gasteiger partial charge in [-0.05, 0) is 31.2 Å². The second-order valence-corrected chi connectivity index (χ2v) is 6.65. The van der Waals surface area contributed by atoms with Crippen LogP contribution >= 0.6 is 23.2 Å². The SMILES string of the molecule is COCc1c(Cl)cccc1N(N)C(=O)N(C)N.CON=C(C)c1cccc(Cl)c1. The Hall–Kier alpha value is -2.36. The number of hydrazine groups is 2. The van der Waals surface area contributed by atoms with Crippen molar-refractivity contribution < 1.29 is 14.4 Å². The number of rotatable bonds is 5. The van der Waals surface area contributed by atoms with Crippen LogP contribution in [-0.4, -0.2) is 38.0 Å². The third-order valence-corrected chi connectivity index (χ3v) is 4.21. The highest BCUT2D eigenvalue weighted by Crippen LogP contribution is 2.27. The Bertz CT molecular complexity index is 846. The summed E-state index contributed by atoms with van der Waals surface area (Å²) >= 11 is 11.8. The van der Waals surface area contributed by atoms with Crippen molar-refractivity contribution in [3.63, 3.8) is 0 Å². The molecule has 0 fully saturated rings. The van der Waals surface area contributed by atoms with E-state index in [0.29, 0.717) is 21.3 Å². The summed E-state index contributed by atoms with van der Waals surface area (Å²) in [6, 6.07) is 12.0. The number of hydrogen-bond donors (Lipinski definition) is 2. The lowest BCUT2D eigenvalue weighted by atomic mass is 10.1. The summed E-state index contributed by atoms with van der Waals surface area (Å²) in [5.41, 5.74) is 2.89. The number of carbonyl (C=O) groups excluding carboxylic acids is 1. The molecule has 0 saturated carbocycles. The molecule has 158 valence electrons. The molecule has 2 amide bonds. The molecule has 4 N–H and O–H groups in total. The first-order chi connectivity index (χ1) is 13.7. The molecule has 0 bridgehead atoms. The van der Waals surface area contributed by atoms with E-state index in [-0.39, 0.29) is 6.61 Å². The van der Waals surface area contributed by atoms with Crippen molar-refractivity contribution in [3.8, 4) is 0 Å². The maximum absolute atomic E-state index is 11.6. The molecular weight excluding hydrogens is 417 g/mol. The summed E-state index contributed by atoms with van der Waals surface area (Å²) in [6.07, 6.45) is 0. The van der Waals surface area contributed by atoms with Gasteiger partial charge in [-0.1, -0.05) is 46.6 Å². The van der Waals surface area contributed by atoms with E-state index in [1.54, 1.807) is 18.2 Å². The van der Waals surface area contributed by atoms with Gasteiger partial charge in [0.15, 0.2) is 0 Å². The molecule has 0 heterocycles. The molecular formula is C19H25Cl2N5O3. The fraction of sp³-hybridized carbons (Fsp3) is 0.263. The molecule has 2 rings (SSSR count). The van der Waals surface area contributed by atoms with Crippen molar-refractivity contribution in [2.75, 3.05) is 26.3 Å². The highest BCUT2D eigenvalue weighted by atomic mass is 35.5. The van der Waals surface area contributed by atoms with Crippen LogP contribution in [0.2, 0.25) is 10.0 Å². The van der Waals surface area contributed by atoms with E-state index < -0.39 is 6.03 Å². The van der Waals surface area contributed by atoms with Crippen LogP contribution in [0.4, 0.5) is 10.5 Å². The van der Waals surface area contributed by atoms with Gasteiger partial charge in [-0.15, -0.1) is 0 Å². The second-order valence-electron chi connectivity index (χ2n) is 5.80. The van der Waals surface area contributed by atoms with Crippen molar-refractivity contribution in [2.24, 2.45) is 16.8 Å². The average Bonchev–Trinajstić information content (AvgIpc) is 2.69. The number of urea groups is 1. The van der Waals surface area contributed by atoms with Gasteiger partial charge in [0.1, 0.15) is 7.11 Å². The van der Waals surface area contributed by atoms with E-state index >= 15 is 0 Å². The predicted molar refractivity (Wildman–Crippen MR) is 117 cm³/mol. The maximum Gasteiger partial charge on any atom is 0.352 e. The summed E-state index contributed by atoms with van der Waals surface area (Å²) in [5.74, 6) is 11.0. The Kier molecular flexibility index (Phi) is 10.4. The van der Waals surface area contributed by atoms with Gasteiger partial charge >= 0.3 is 6.03 Å². The number of ether oxygens (including phenoxy) is 1. The molecule has 0 unspecified atom stereocenters. The molecule has 10 heteroatoms. The van der Waals surface area contributed by atoms with Crippen LogP contribution in [0.15, 0.2) is 47.6 Å². The summed E-state index contributed by atoms with van der Waals surface area (Å²) in [7, 11) is 4.46. The minimum Gasteiger partial charge on any atom is -0.399 e. The third kappa shape index (κ3) is 7.52. The Morgan fingerprint density at radius 3 is 2.34 bits per heavy atom. The fourth-order valence-electron chi connectivity index (χ4n) is 2.24. The van der Waals surface area contributed by atoms with Crippen molar-refractivity contribution in [1.82, 2.24) is 5.01 Å². The molecule has 0 aromatic heterocycles. The number of hydrogen-bond acceptors (Lipinski definition) is 6. The van der Waals surface area contributed by atoms with E-state index in [2.05, 4.69) is 9.99 Å². The van der Waals surface area contributed by atoms with Crippen LogP contribution in [0.3, 0.4) is 0 Å². The predicted octanol–water partition coefficient (Wildman–Crippen LogP) is 3.80. The van der Waals surface area contributed by atoms with Crippen LogP contribution < -0.4 is 16.7 Å². The first-order valence-electron chi connectivity index (χ1n) is 8.40. The van der Waals surface area contributed by atoms with E-state index in [1.807, 2.05) is 31.2 Å². The molecule has 0 aliphatic heterocycles. The minimum absolute atomic E-state index is 0.254. The van der Waals surface area contributed by atoms with E-state index in [9.17, 15) is 4.79 Å². The lowest BCUT2D eigenvalue weighted by molar-refractivity contribution is 0.185. The maximum atomic E-state index is 11.6. The van der Waals surface area contributed by atoms with Gasteiger partial charge in [0.2, 0.25) is 0 Å². The topological polar surface area (TPSA) is 106 Å². The first-order valence-corrected chi connectivity index (χ1v) is 9.15. The summed E-state index contributed by atoms with van der Waals surface area (Å²) < 4.78 is 5.02. The minimum atomic E-state index is -0.551. The average molecular weight is 442 g/mol. The van der Waals surface area contributed by atoms with E-state index in [1.165, 1.54) is 21.3 Å². The summed E-state index contributed by atoms with van der Waals surface area (Å²) in [6.45, 7) is 2.12. The second kappa shape index (κ2) is 12.3. The third-order valence-electron chi connectivity index (χ3n) is 3.62. The van der Waals surface area contributed by atoms with Gasteiger partial charge in [-0.3, -0.25) is 5.01 Å². The molecule has 8 nitrogen and oxygen atoms in total. The monoisotopic (exact) mass is 441 g/mol. The number of nitrogens with zero attached hydrogens (tertiary/aromatic N) is 3. The molecule has 0 spiro atoms. The number of nitrogens with two attached hydrogens (primary N) is 2. The smallest absolute Gasteiger partial charge is 0.352 e. The van der Waals surface area contributed by atoms with Gasteiger partial charge in [0.05, 0.1) is 18.0 Å². The molecule has 29 heavy (non-hydrogen) atoms. The van der Waals surface area contributed by atoms with Crippen LogP contribution in [0, 0.1) is 0 Å². The van der Waals surface area contributed by atoms with Gasteiger partial charge < -0.3 is 9.57 Å². The van der Waals surface area contributed by atoms with E-state index in [4.69, 9.17) is 39.6 Å². The number of halogens is 2. The highest BCUT2D eigenvalue weighted by molar-refractivity contribution is 6.32. The lowest BCUT2D eigenvalue weighted by Crippen LogP contribution is -2.49. The number of methoxy groups -OCH3 is 1. The molecule has 0 aliphatic carbocycles. The van der Waals surface area contributed by atoms with Crippen molar-refractivity contribution in [2.45, 2.75) is 13.5 Å². The highest BCUT2D eigenvalue weighted by Gasteiger charge is 2.18. The molecule has 0 aliphatic rings. The summed E-state index contributed by atoms with van der Waals surface area (Å²) in [5, 5.41) is 6.80. The Morgan fingerprint density at radius 2 is 1.79 bits per heavy atom. The van der Waals surface area contributed by atoms with Gasteiger partial charge in [-0.2, -0.15) is 0 Å². The van der Waals surface area contributed by atoms with E-state index in [0.717, 1.165) is 21.3 Å². The van der Waals surface area contributed by atoms with Crippen molar-refractivity contribution in [1.29, 1.82) is 0 Å². The number of oxime groups is 1. The van der Waals surface area contributed by atoms with Gasteiger partial charge in [-0.25, -0.2) is 21.5 Å². The van der Waals surface area contributed by atoms with Crippen LogP contribution in [-0.2, 0) is 16.2 Å². The van der Waals surface area contributed by atoms with Crippen LogP contribution in [0.25, 0.3) is 0 Å². The standard InChI is InChI=1S/C10H15ClN4O2.C9H10ClNO/c1-14(12)10(16)15(13)9-5-3-4-8(11)7(9)6-17-2;1-7(11-12-2)8-4-3-5-9(10)6-8/h3-5H,6,12-13H2,1-2H3;3-6H,1-2H3. The zero-order valence-corrected chi connectivity index (χ0v) is 18.2. The molecule has 0 radical (unpaired) electrons. The first kappa shape index (κ1) is 24.7. The quantitative estimate of drug-likeness (QED) is 0.317. The molecule has 2 aromatic carbocycles. The van der Waals surface area contributed by atoms with Crippen molar-refractivity contribution in [3.05, 3.63) is 63.6 Å². The number of benzene rings is 2. The Morgan fingerprint density at radius 1 is 1.14 bits per heavy atom. The molecule has 0 atom stereocenters. The van der Waals surface area contributed by atoms with Crippen molar-refractivity contribution >= 4 is 40.6 Å².